The minimum Gasteiger partial charge on any atom is -0.399 e. The number of rotatable bonds is 3. The smallest absolute Gasteiger partial charge is 0.399 e. The van der Waals surface area contributed by atoms with Gasteiger partial charge in [0.1, 0.15) is 5.82 Å². The molecule has 0 N–H and O–H groups in total. The molecule has 0 bridgehead atoms. The molecule has 0 aliphatic carbocycles. The highest BCUT2D eigenvalue weighted by molar-refractivity contribution is 6.62. The number of anilines is 1. The van der Waals surface area contributed by atoms with Gasteiger partial charge in [-0.1, -0.05) is 19.9 Å². The summed E-state index contributed by atoms with van der Waals surface area (Å²) in [6.07, 6.45) is 1.84. The summed E-state index contributed by atoms with van der Waals surface area (Å²) in [6.45, 7) is 15.2. The Hall–Kier alpha value is -1.60. The fraction of sp³-hybridized carbons (Fsp3) is 0.684. The fourth-order valence-electron chi connectivity index (χ4n) is 3.22. The van der Waals surface area contributed by atoms with Gasteiger partial charge in [-0.2, -0.15) is 0 Å². The van der Waals surface area contributed by atoms with Gasteiger partial charge in [0.25, 0.3) is 0 Å². The molecule has 0 spiro atoms. The Morgan fingerprint density at radius 1 is 1.08 bits per heavy atom. The first kappa shape index (κ1) is 19.2. The van der Waals surface area contributed by atoms with Crippen molar-refractivity contribution < 1.29 is 14.1 Å². The van der Waals surface area contributed by atoms with Crippen molar-refractivity contribution in [3.63, 3.8) is 0 Å². The summed E-state index contributed by atoms with van der Waals surface area (Å²) in [6, 6.07) is 4.04. The van der Waals surface area contributed by atoms with Gasteiger partial charge in [0, 0.05) is 43.8 Å². The van der Waals surface area contributed by atoms with Crippen molar-refractivity contribution in [2.24, 2.45) is 5.92 Å². The number of carbonyl (C=O) groups is 1. The third-order valence-electron chi connectivity index (χ3n) is 5.71. The van der Waals surface area contributed by atoms with E-state index in [4.69, 9.17) is 9.31 Å². The fourth-order valence-corrected chi connectivity index (χ4v) is 3.22. The molecule has 0 aromatic carbocycles. The van der Waals surface area contributed by atoms with E-state index in [1.807, 2.05) is 64.8 Å². The maximum absolute atomic E-state index is 12.1. The van der Waals surface area contributed by atoms with E-state index in [0.717, 1.165) is 37.5 Å². The first-order valence-corrected chi connectivity index (χ1v) is 9.46. The van der Waals surface area contributed by atoms with Gasteiger partial charge in [-0.3, -0.25) is 4.79 Å². The average Bonchev–Trinajstić information content (AvgIpc) is 2.82. The quantitative estimate of drug-likeness (QED) is 0.769. The monoisotopic (exact) mass is 359 g/mol. The van der Waals surface area contributed by atoms with Crippen molar-refractivity contribution in [1.29, 1.82) is 0 Å². The number of nitrogens with zero attached hydrogens (tertiary/aromatic N) is 3. The van der Waals surface area contributed by atoms with E-state index >= 15 is 0 Å². The molecule has 0 saturated carbocycles. The summed E-state index contributed by atoms with van der Waals surface area (Å²) in [5.74, 6) is 1.22. The lowest BCUT2D eigenvalue weighted by molar-refractivity contribution is -0.134. The molecule has 1 amide bonds. The van der Waals surface area contributed by atoms with Crippen molar-refractivity contribution in [1.82, 2.24) is 9.88 Å². The zero-order chi connectivity index (χ0) is 19.1. The van der Waals surface area contributed by atoms with E-state index in [1.165, 1.54) is 0 Å². The van der Waals surface area contributed by atoms with Crippen LogP contribution < -0.4 is 10.4 Å². The summed E-state index contributed by atoms with van der Waals surface area (Å²) in [5, 5.41) is 0. The summed E-state index contributed by atoms with van der Waals surface area (Å²) < 4.78 is 12.2. The summed E-state index contributed by atoms with van der Waals surface area (Å²) in [7, 11) is -0.387. The molecule has 1 aromatic heterocycles. The van der Waals surface area contributed by atoms with E-state index in [9.17, 15) is 4.79 Å². The minimum absolute atomic E-state index is 0.0545. The van der Waals surface area contributed by atoms with Gasteiger partial charge in [-0.15, -0.1) is 0 Å². The molecule has 2 fully saturated rings. The molecule has 2 saturated heterocycles. The summed E-state index contributed by atoms with van der Waals surface area (Å²) in [4.78, 5) is 20.9. The molecular weight excluding hydrogens is 329 g/mol. The van der Waals surface area contributed by atoms with Crippen molar-refractivity contribution in [2.75, 3.05) is 31.1 Å². The molecule has 3 heterocycles. The highest BCUT2D eigenvalue weighted by atomic mass is 16.7. The van der Waals surface area contributed by atoms with E-state index in [-0.39, 0.29) is 30.1 Å². The van der Waals surface area contributed by atoms with Crippen molar-refractivity contribution in [3.8, 4) is 0 Å². The van der Waals surface area contributed by atoms with Crippen LogP contribution in [-0.4, -0.2) is 60.3 Å². The topological polar surface area (TPSA) is 54.9 Å². The maximum atomic E-state index is 12.1. The molecule has 0 atom stereocenters. The van der Waals surface area contributed by atoms with Crippen LogP contribution in [0.5, 0.6) is 0 Å². The second-order valence-corrected chi connectivity index (χ2v) is 8.51. The summed E-state index contributed by atoms with van der Waals surface area (Å²) >= 11 is 0. The molecule has 1 aromatic rings. The predicted octanol–water partition coefficient (Wildman–Crippen LogP) is 1.69. The third kappa shape index (κ3) is 3.60. The van der Waals surface area contributed by atoms with Crippen LogP contribution in [0, 0.1) is 5.92 Å². The molecule has 0 radical (unpaired) electrons. The second-order valence-electron chi connectivity index (χ2n) is 8.51. The van der Waals surface area contributed by atoms with Crippen molar-refractivity contribution in [2.45, 2.75) is 52.7 Å². The van der Waals surface area contributed by atoms with Gasteiger partial charge in [0.2, 0.25) is 5.91 Å². The minimum atomic E-state index is -0.387. The SMILES string of the molecule is CC(C)C(=O)N1CCN(c2ccc(B3OC(C)(C)C(C)(C)O3)cn2)CC1. The first-order chi connectivity index (χ1) is 12.1. The normalized spacial score (nSPS) is 22.2. The number of piperazine rings is 1. The van der Waals surface area contributed by atoms with Crippen LogP contribution in [0.15, 0.2) is 18.3 Å². The van der Waals surface area contributed by atoms with Gasteiger partial charge in [-0.25, -0.2) is 4.98 Å². The molecule has 142 valence electrons. The lowest BCUT2D eigenvalue weighted by Crippen LogP contribution is -2.50. The number of hydrogen-bond donors (Lipinski definition) is 0. The van der Waals surface area contributed by atoms with E-state index in [2.05, 4.69) is 9.88 Å². The zero-order valence-corrected chi connectivity index (χ0v) is 16.8. The van der Waals surface area contributed by atoms with Crippen LogP contribution in [0.1, 0.15) is 41.5 Å². The zero-order valence-electron chi connectivity index (χ0n) is 16.8. The van der Waals surface area contributed by atoms with E-state index in [0.29, 0.717) is 0 Å². The molecule has 3 rings (SSSR count). The number of pyridine rings is 1. The Balaban J connectivity index is 1.62. The van der Waals surface area contributed by atoms with Crippen LogP contribution >= 0.6 is 0 Å². The second kappa shape index (κ2) is 6.85. The molecule has 26 heavy (non-hydrogen) atoms. The molecule has 6 nitrogen and oxygen atoms in total. The Kier molecular flexibility index (Phi) is 5.05. The third-order valence-corrected chi connectivity index (χ3v) is 5.71. The van der Waals surface area contributed by atoms with Crippen molar-refractivity contribution >= 4 is 24.3 Å². The lowest BCUT2D eigenvalue weighted by atomic mass is 9.80. The molecule has 2 aliphatic rings. The van der Waals surface area contributed by atoms with Crippen LogP contribution in [0.4, 0.5) is 5.82 Å². The van der Waals surface area contributed by atoms with E-state index < -0.39 is 0 Å². The number of amides is 1. The van der Waals surface area contributed by atoms with Crippen LogP contribution in [-0.2, 0) is 14.1 Å². The van der Waals surface area contributed by atoms with Gasteiger partial charge >= 0.3 is 7.12 Å². The highest BCUT2D eigenvalue weighted by Crippen LogP contribution is 2.36. The highest BCUT2D eigenvalue weighted by Gasteiger charge is 2.51. The van der Waals surface area contributed by atoms with Gasteiger partial charge < -0.3 is 19.1 Å². The first-order valence-electron chi connectivity index (χ1n) is 9.46. The lowest BCUT2D eigenvalue weighted by Gasteiger charge is -2.36. The Bertz CT molecular complexity index is 636. The Morgan fingerprint density at radius 2 is 1.65 bits per heavy atom. The largest absolute Gasteiger partial charge is 0.496 e. The molecular formula is C19H30BN3O3. The van der Waals surface area contributed by atoms with Gasteiger partial charge in [-0.05, 0) is 33.8 Å². The standard InChI is InChI=1S/C19H30BN3O3/c1-14(2)17(24)23-11-9-22(10-12-23)16-8-7-15(13-21-16)20-25-18(3,4)19(5,6)26-20/h7-8,13-14H,9-12H2,1-6H3. The average molecular weight is 359 g/mol. The van der Waals surface area contributed by atoms with Gasteiger partial charge in [0.05, 0.1) is 11.2 Å². The number of hydrogen-bond acceptors (Lipinski definition) is 5. The predicted molar refractivity (Wildman–Crippen MR) is 104 cm³/mol. The number of carbonyl (C=O) groups excluding carboxylic acids is 1. The molecule has 0 unspecified atom stereocenters. The van der Waals surface area contributed by atoms with E-state index in [1.54, 1.807) is 0 Å². The Labute approximate surface area is 157 Å². The van der Waals surface area contributed by atoms with Crippen LogP contribution in [0.3, 0.4) is 0 Å². The van der Waals surface area contributed by atoms with Gasteiger partial charge in [0.15, 0.2) is 0 Å². The Morgan fingerprint density at radius 3 is 2.12 bits per heavy atom. The maximum Gasteiger partial charge on any atom is 0.496 e. The summed E-state index contributed by atoms with van der Waals surface area (Å²) in [5.41, 5.74) is 0.228. The van der Waals surface area contributed by atoms with Crippen LogP contribution in [0.25, 0.3) is 0 Å². The van der Waals surface area contributed by atoms with Crippen LogP contribution in [0.2, 0.25) is 0 Å². The molecule has 2 aliphatic heterocycles. The van der Waals surface area contributed by atoms with Crippen molar-refractivity contribution in [3.05, 3.63) is 18.3 Å². The number of aromatic nitrogens is 1. The molecule has 7 heteroatoms.